The van der Waals surface area contributed by atoms with Gasteiger partial charge in [0.25, 0.3) is 0 Å². The minimum atomic E-state index is 0.00233. The average Bonchev–Trinajstić information content (AvgIpc) is 2.83. The van der Waals surface area contributed by atoms with Gasteiger partial charge in [0, 0.05) is 5.41 Å². The molecule has 0 atom stereocenters. The Kier molecular flexibility index (Phi) is 5.87. The molecule has 0 aromatic heterocycles. The highest BCUT2D eigenvalue weighted by atomic mass is 14.4. The van der Waals surface area contributed by atoms with Crippen LogP contribution in [0.2, 0.25) is 0 Å². The maximum atomic E-state index is 4.09. The van der Waals surface area contributed by atoms with Crippen molar-refractivity contribution in [3.8, 4) is 11.1 Å². The van der Waals surface area contributed by atoms with Crippen molar-refractivity contribution < 1.29 is 0 Å². The molecule has 0 amide bonds. The first-order chi connectivity index (χ1) is 12.4. The van der Waals surface area contributed by atoms with Gasteiger partial charge in [-0.1, -0.05) is 81.7 Å². The van der Waals surface area contributed by atoms with E-state index in [9.17, 15) is 0 Å². The summed E-state index contributed by atoms with van der Waals surface area (Å²) >= 11 is 0. The van der Waals surface area contributed by atoms with Crippen molar-refractivity contribution in [1.29, 1.82) is 0 Å². The van der Waals surface area contributed by atoms with Gasteiger partial charge < -0.3 is 0 Å². The average molecular weight is 343 g/mol. The van der Waals surface area contributed by atoms with Gasteiger partial charge in [0.2, 0.25) is 0 Å². The van der Waals surface area contributed by atoms with Gasteiger partial charge in [-0.3, -0.25) is 0 Å². The van der Waals surface area contributed by atoms with Crippen molar-refractivity contribution in [2.75, 3.05) is 0 Å². The summed E-state index contributed by atoms with van der Waals surface area (Å²) in [5.74, 6) is 0. The number of hydrogen-bond donors (Lipinski definition) is 0. The lowest BCUT2D eigenvalue weighted by atomic mass is 9.81. The molecule has 3 rings (SSSR count). The number of hydrogen-bond acceptors (Lipinski definition) is 0. The molecule has 0 radical (unpaired) electrons. The Morgan fingerprint density at radius 2 is 1.31 bits per heavy atom. The van der Waals surface area contributed by atoms with E-state index in [1.165, 1.54) is 44.5 Å². The van der Waals surface area contributed by atoms with E-state index >= 15 is 0 Å². The number of allylic oxidation sites excluding steroid dienone is 2. The zero-order valence-electron chi connectivity index (χ0n) is 16.8. The van der Waals surface area contributed by atoms with Crippen molar-refractivity contribution in [1.82, 2.24) is 0 Å². The molecule has 2 aromatic carbocycles. The minimum Gasteiger partial charge on any atom is -0.103 e. The molecule has 0 nitrogen and oxygen atoms in total. The van der Waals surface area contributed by atoms with E-state index < -0.39 is 0 Å². The Balaban J connectivity index is 0.000000758. The fraction of sp³-hybridized carbons (Fsp3) is 0.231. The van der Waals surface area contributed by atoms with Crippen LogP contribution in [-0.2, 0) is 5.41 Å². The summed E-state index contributed by atoms with van der Waals surface area (Å²) in [6.45, 7) is 22.2. The molecule has 0 aliphatic heterocycles. The predicted molar refractivity (Wildman–Crippen MR) is 120 cm³/mol. The molecule has 0 N–H and O–H groups in total. The van der Waals surface area contributed by atoms with Crippen molar-refractivity contribution in [3.63, 3.8) is 0 Å². The molecule has 0 heteroatoms. The fourth-order valence-electron chi connectivity index (χ4n) is 3.89. The van der Waals surface area contributed by atoms with Gasteiger partial charge in [-0.05, 0) is 65.3 Å². The van der Waals surface area contributed by atoms with Gasteiger partial charge in [0.15, 0.2) is 0 Å². The predicted octanol–water partition coefficient (Wildman–Crippen LogP) is 7.81. The SMILES string of the molecule is C=CC.C=Cc1c(C)ccc2c1-c1c(ccc(/C=C\C)c1C=C)C2(C)C. The van der Waals surface area contributed by atoms with E-state index in [1.54, 1.807) is 6.08 Å². The Bertz CT molecular complexity index is 889. The largest absolute Gasteiger partial charge is 0.103 e. The number of aryl methyl sites for hydroxylation is 1. The van der Waals surface area contributed by atoms with Gasteiger partial charge in [-0.15, -0.1) is 6.58 Å². The smallest absolute Gasteiger partial charge is 0.0159 e. The second-order valence-corrected chi connectivity index (χ2v) is 7.15. The summed E-state index contributed by atoms with van der Waals surface area (Å²) in [4.78, 5) is 0. The number of benzene rings is 2. The molecule has 1 aliphatic rings. The molecular weight excluding hydrogens is 312 g/mol. The molecule has 0 fully saturated rings. The van der Waals surface area contributed by atoms with Crippen molar-refractivity contribution in [3.05, 3.63) is 89.5 Å². The standard InChI is InChI=1S/C23H24.C3H6/c1-7-10-16-12-14-20-22(18(16)9-3)21-17(8-2)15(4)11-13-19(21)23(20,5)6;1-3-2/h7-14H,2-3H2,1,4-6H3;3H,1H2,2H3/b10-7-;. The van der Waals surface area contributed by atoms with Crippen LogP contribution >= 0.6 is 0 Å². The third-order valence-electron chi connectivity index (χ3n) is 5.09. The van der Waals surface area contributed by atoms with Gasteiger partial charge in [-0.25, -0.2) is 0 Å². The molecule has 134 valence electrons. The molecule has 0 spiro atoms. The van der Waals surface area contributed by atoms with Gasteiger partial charge in [-0.2, -0.15) is 0 Å². The molecule has 2 aromatic rings. The van der Waals surface area contributed by atoms with E-state index in [0.717, 1.165) is 0 Å². The summed E-state index contributed by atoms with van der Waals surface area (Å²) in [6.07, 6.45) is 9.98. The first-order valence-electron chi connectivity index (χ1n) is 9.15. The quantitative estimate of drug-likeness (QED) is 0.499. The maximum absolute atomic E-state index is 4.09. The summed E-state index contributed by atoms with van der Waals surface area (Å²) in [5, 5.41) is 0. The van der Waals surface area contributed by atoms with E-state index in [-0.39, 0.29) is 5.41 Å². The second-order valence-electron chi connectivity index (χ2n) is 7.15. The summed E-state index contributed by atoms with van der Waals surface area (Å²) in [5.41, 5.74) is 10.4. The van der Waals surface area contributed by atoms with Crippen molar-refractivity contribution in [2.45, 2.75) is 40.0 Å². The van der Waals surface area contributed by atoms with Gasteiger partial charge >= 0.3 is 0 Å². The van der Waals surface area contributed by atoms with Crippen molar-refractivity contribution >= 4 is 18.2 Å². The highest BCUT2D eigenvalue weighted by Crippen LogP contribution is 2.53. The van der Waals surface area contributed by atoms with E-state index in [4.69, 9.17) is 0 Å². The number of rotatable bonds is 3. The molecule has 0 saturated carbocycles. The summed E-state index contributed by atoms with van der Waals surface area (Å²) in [6, 6.07) is 8.98. The zero-order chi connectivity index (χ0) is 19.5. The highest BCUT2D eigenvalue weighted by molar-refractivity contribution is 5.94. The molecule has 0 bridgehead atoms. The van der Waals surface area contributed by atoms with Crippen LogP contribution in [0.15, 0.2) is 56.2 Å². The summed E-state index contributed by atoms with van der Waals surface area (Å²) < 4.78 is 0. The fourth-order valence-corrected chi connectivity index (χ4v) is 3.89. The Hall–Kier alpha value is -2.60. The third kappa shape index (κ3) is 3.01. The van der Waals surface area contributed by atoms with E-state index in [2.05, 4.69) is 83.8 Å². The van der Waals surface area contributed by atoms with Crippen LogP contribution in [0.5, 0.6) is 0 Å². The molecule has 26 heavy (non-hydrogen) atoms. The monoisotopic (exact) mass is 342 g/mol. The third-order valence-corrected chi connectivity index (χ3v) is 5.09. The Morgan fingerprint density at radius 3 is 1.81 bits per heavy atom. The van der Waals surface area contributed by atoms with E-state index in [1.807, 2.05) is 19.1 Å². The zero-order valence-corrected chi connectivity index (χ0v) is 16.8. The summed E-state index contributed by atoms with van der Waals surface area (Å²) in [7, 11) is 0. The van der Waals surface area contributed by atoms with Crippen LogP contribution in [0.25, 0.3) is 29.4 Å². The molecular formula is C26H30. The highest BCUT2D eigenvalue weighted by Gasteiger charge is 2.38. The molecule has 1 aliphatic carbocycles. The van der Waals surface area contributed by atoms with Crippen LogP contribution in [0.4, 0.5) is 0 Å². The Labute approximate surface area is 159 Å². The lowest BCUT2D eigenvalue weighted by Crippen LogP contribution is -2.15. The minimum absolute atomic E-state index is 0.00233. The normalized spacial score (nSPS) is 13.4. The lowest BCUT2D eigenvalue weighted by Gasteiger charge is -2.22. The van der Waals surface area contributed by atoms with Gasteiger partial charge in [0.05, 0.1) is 0 Å². The molecule has 0 unspecified atom stereocenters. The molecule has 0 heterocycles. The van der Waals surface area contributed by atoms with Crippen LogP contribution in [0.3, 0.4) is 0 Å². The number of fused-ring (bicyclic) bond motifs is 3. The maximum Gasteiger partial charge on any atom is 0.0159 e. The molecule has 0 saturated heterocycles. The first-order valence-corrected chi connectivity index (χ1v) is 9.15. The van der Waals surface area contributed by atoms with Crippen LogP contribution in [-0.4, -0.2) is 0 Å². The van der Waals surface area contributed by atoms with Gasteiger partial charge in [0.1, 0.15) is 0 Å². The van der Waals surface area contributed by atoms with Crippen LogP contribution in [0.1, 0.15) is 61.1 Å². The Morgan fingerprint density at radius 1 is 0.808 bits per heavy atom. The first kappa shape index (κ1) is 19.7. The lowest BCUT2D eigenvalue weighted by molar-refractivity contribution is 0.660. The van der Waals surface area contributed by atoms with Crippen LogP contribution < -0.4 is 0 Å². The van der Waals surface area contributed by atoms with Crippen LogP contribution in [0, 0.1) is 6.92 Å². The topological polar surface area (TPSA) is 0 Å². The van der Waals surface area contributed by atoms with E-state index in [0.29, 0.717) is 0 Å². The second kappa shape index (κ2) is 7.74. The van der Waals surface area contributed by atoms with Crippen molar-refractivity contribution in [2.24, 2.45) is 0 Å².